The molecule has 1 rings (SSSR count). The smallest absolute Gasteiger partial charge is 0.498 e. The van der Waals surface area contributed by atoms with Gasteiger partial charge in [-0.05, 0) is 11.6 Å². The molecule has 7 nitrogen and oxygen atoms in total. The van der Waals surface area contributed by atoms with Crippen molar-refractivity contribution in [1.29, 1.82) is 0 Å². The van der Waals surface area contributed by atoms with Crippen molar-refractivity contribution in [1.82, 2.24) is 4.98 Å². The molecule has 18 heavy (non-hydrogen) atoms. The molecule has 0 saturated heterocycles. The molecule has 0 atom stereocenters. The number of nitro groups is 1. The molecule has 0 spiro atoms. The van der Waals surface area contributed by atoms with Gasteiger partial charge in [0.2, 0.25) is 0 Å². The second-order valence-electron chi connectivity index (χ2n) is 2.76. The maximum absolute atomic E-state index is 11.9. The molecular weight excluding hydrogens is 285 g/mol. The number of aromatic nitrogens is 1. The Morgan fingerprint density at radius 2 is 2.11 bits per heavy atom. The molecule has 98 valence electrons. The lowest BCUT2D eigenvalue weighted by atomic mass is 10.3. The SMILES string of the molecule is O=C(Cl)c1cc([N+](=O)[O-])c(O)c(OC(F)(F)F)n1. The summed E-state index contributed by atoms with van der Waals surface area (Å²) in [5, 5.41) is 18.2. The minimum absolute atomic E-state index is 0.425. The summed E-state index contributed by atoms with van der Waals surface area (Å²) < 4.78 is 39.0. The van der Waals surface area contributed by atoms with E-state index in [1.54, 1.807) is 0 Å². The van der Waals surface area contributed by atoms with Crippen LogP contribution in [-0.4, -0.2) is 26.6 Å². The van der Waals surface area contributed by atoms with Gasteiger partial charge < -0.3 is 9.84 Å². The Hall–Kier alpha value is -2.10. The molecule has 0 aromatic carbocycles. The van der Waals surface area contributed by atoms with Crippen molar-refractivity contribution in [2.75, 3.05) is 0 Å². The van der Waals surface area contributed by atoms with Crippen molar-refractivity contribution in [2.45, 2.75) is 6.36 Å². The van der Waals surface area contributed by atoms with E-state index in [0.717, 1.165) is 0 Å². The van der Waals surface area contributed by atoms with Gasteiger partial charge in [-0.25, -0.2) is 4.98 Å². The Balaban J connectivity index is 3.40. The second kappa shape index (κ2) is 4.64. The van der Waals surface area contributed by atoms with Gasteiger partial charge in [-0.3, -0.25) is 14.9 Å². The zero-order valence-electron chi connectivity index (χ0n) is 8.06. The van der Waals surface area contributed by atoms with Gasteiger partial charge in [0.1, 0.15) is 5.69 Å². The summed E-state index contributed by atoms with van der Waals surface area (Å²) in [7, 11) is 0. The predicted molar refractivity (Wildman–Crippen MR) is 49.4 cm³/mol. The topological polar surface area (TPSA) is 103 Å². The van der Waals surface area contributed by atoms with Crippen LogP contribution in [0, 0.1) is 10.1 Å². The molecule has 0 amide bonds. The fraction of sp³-hybridized carbons (Fsp3) is 0.143. The standard InChI is InChI=1S/C7H2ClF3N2O5/c8-5(15)2-1-3(13(16)17)4(14)6(12-2)18-7(9,10)11/h1,14H. The number of hydrogen-bond donors (Lipinski definition) is 1. The van der Waals surface area contributed by atoms with Crippen LogP contribution in [0.2, 0.25) is 0 Å². The van der Waals surface area contributed by atoms with Crippen molar-refractivity contribution < 1.29 is 32.7 Å². The summed E-state index contributed by atoms with van der Waals surface area (Å²) >= 11 is 4.93. The monoisotopic (exact) mass is 286 g/mol. The van der Waals surface area contributed by atoms with Gasteiger partial charge in [-0.15, -0.1) is 13.2 Å². The largest absolute Gasteiger partial charge is 0.574 e. The van der Waals surface area contributed by atoms with E-state index >= 15 is 0 Å². The first-order valence-corrected chi connectivity index (χ1v) is 4.33. The molecule has 0 unspecified atom stereocenters. The van der Waals surface area contributed by atoms with E-state index in [1.807, 2.05) is 0 Å². The Morgan fingerprint density at radius 3 is 2.50 bits per heavy atom. The van der Waals surface area contributed by atoms with Crippen LogP contribution in [0.15, 0.2) is 6.07 Å². The van der Waals surface area contributed by atoms with Crippen LogP contribution in [-0.2, 0) is 0 Å². The molecular formula is C7H2ClF3N2O5. The van der Waals surface area contributed by atoms with E-state index in [-0.39, 0.29) is 0 Å². The third-order valence-corrected chi connectivity index (χ3v) is 1.74. The Kier molecular flexibility index (Phi) is 3.60. The molecule has 0 radical (unpaired) electrons. The van der Waals surface area contributed by atoms with Crippen LogP contribution in [0.5, 0.6) is 11.6 Å². The highest BCUT2D eigenvalue weighted by molar-refractivity contribution is 6.67. The quantitative estimate of drug-likeness (QED) is 0.517. The van der Waals surface area contributed by atoms with E-state index in [0.29, 0.717) is 6.07 Å². The number of carbonyl (C=O) groups excluding carboxylic acids is 1. The van der Waals surface area contributed by atoms with Crippen LogP contribution in [0.4, 0.5) is 18.9 Å². The lowest BCUT2D eigenvalue weighted by molar-refractivity contribution is -0.386. The van der Waals surface area contributed by atoms with Crippen LogP contribution < -0.4 is 4.74 Å². The number of halogens is 4. The number of alkyl halides is 3. The molecule has 1 heterocycles. The third-order valence-electron chi connectivity index (χ3n) is 1.55. The molecule has 1 aromatic heterocycles. The summed E-state index contributed by atoms with van der Waals surface area (Å²) in [5.41, 5.74) is -2.05. The third kappa shape index (κ3) is 3.20. The summed E-state index contributed by atoms with van der Waals surface area (Å²) in [6.45, 7) is 0. The van der Waals surface area contributed by atoms with Gasteiger partial charge in [0.05, 0.1) is 11.0 Å². The van der Waals surface area contributed by atoms with Crippen LogP contribution >= 0.6 is 11.6 Å². The highest BCUT2D eigenvalue weighted by Gasteiger charge is 2.36. The number of aromatic hydroxyl groups is 1. The second-order valence-corrected chi connectivity index (χ2v) is 3.10. The Labute approximate surface area is 101 Å². The fourth-order valence-electron chi connectivity index (χ4n) is 0.923. The number of pyridine rings is 1. The molecule has 0 aliphatic carbocycles. The zero-order chi connectivity index (χ0) is 14.1. The molecule has 0 fully saturated rings. The first kappa shape index (κ1) is 14.0. The number of rotatable bonds is 3. The fourth-order valence-corrected chi connectivity index (χ4v) is 1.02. The molecule has 1 aromatic rings. The summed E-state index contributed by atoms with van der Waals surface area (Å²) in [5.74, 6) is -2.99. The average molecular weight is 287 g/mol. The van der Waals surface area contributed by atoms with Gasteiger partial charge >= 0.3 is 12.0 Å². The van der Waals surface area contributed by atoms with Gasteiger partial charge in [-0.1, -0.05) is 0 Å². The highest BCUT2D eigenvalue weighted by Crippen LogP contribution is 2.37. The molecule has 1 N–H and O–H groups in total. The molecule has 11 heteroatoms. The first-order chi connectivity index (χ1) is 8.11. The van der Waals surface area contributed by atoms with Crippen LogP contribution in [0.1, 0.15) is 10.5 Å². The maximum Gasteiger partial charge on any atom is 0.574 e. The minimum Gasteiger partial charge on any atom is -0.498 e. The van der Waals surface area contributed by atoms with Crippen molar-refractivity contribution in [3.05, 3.63) is 21.9 Å². The van der Waals surface area contributed by atoms with Gasteiger partial charge in [0.25, 0.3) is 16.9 Å². The first-order valence-electron chi connectivity index (χ1n) is 3.96. The van der Waals surface area contributed by atoms with Crippen molar-refractivity contribution in [3.8, 4) is 11.6 Å². The maximum atomic E-state index is 11.9. The van der Waals surface area contributed by atoms with Crippen molar-refractivity contribution in [2.24, 2.45) is 0 Å². The Bertz CT molecular complexity index is 519. The number of hydrogen-bond acceptors (Lipinski definition) is 6. The van der Waals surface area contributed by atoms with Crippen LogP contribution in [0.3, 0.4) is 0 Å². The summed E-state index contributed by atoms with van der Waals surface area (Å²) in [4.78, 5) is 22.9. The van der Waals surface area contributed by atoms with Crippen molar-refractivity contribution >= 4 is 22.5 Å². The van der Waals surface area contributed by atoms with E-state index in [9.17, 15) is 28.1 Å². The predicted octanol–water partition coefficient (Wildman–Crippen LogP) is 1.97. The number of carbonyl (C=O) groups is 1. The molecule has 0 aliphatic heterocycles. The van der Waals surface area contributed by atoms with Crippen LogP contribution in [0.25, 0.3) is 0 Å². The lowest BCUT2D eigenvalue weighted by Crippen LogP contribution is -2.18. The molecule has 0 saturated carbocycles. The number of nitrogens with zero attached hydrogens (tertiary/aromatic N) is 2. The average Bonchev–Trinajstić information content (AvgIpc) is 2.18. The van der Waals surface area contributed by atoms with E-state index in [4.69, 9.17) is 16.7 Å². The van der Waals surface area contributed by atoms with E-state index in [1.165, 1.54) is 0 Å². The molecule has 0 bridgehead atoms. The zero-order valence-corrected chi connectivity index (χ0v) is 8.82. The Morgan fingerprint density at radius 1 is 1.56 bits per heavy atom. The summed E-state index contributed by atoms with van der Waals surface area (Å²) in [6, 6.07) is 0.425. The number of ether oxygens (including phenoxy) is 1. The minimum atomic E-state index is -5.24. The lowest BCUT2D eigenvalue weighted by Gasteiger charge is -2.09. The van der Waals surface area contributed by atoms with Gasteiger partial charge in [0, 0.05) is 0 Å². The van der Waals surface area contributed by atoms with Gasteiger partial charge in [-0.2, -0.15) is 0 Å². The van der Waals surface area contributed by atoms with E-state index < -0.39 is 39.5 Å². The van der Waals surface area contributed by atoms with Gasteiger partial charge in [0.15, 0.2) is 0 Å². The highest BCUT2D eigenvalue weighted by atomic mass is 35.5. The molecule has 0 aliphatic rings. The van der Waals surface area contributed by atoms with Crippen molar-refractivity contribution in [3.63, 3.8) is 0 Å². The summed E-state index contributed by atoms with van der Waals surface area (Å²) in [6.07, 6.45) is -5.24. The normalized spacial score (nSPS) is 11.1. The van der Waals surface area contributed by atoms with E-state index in [2.05, 4.69) is 9.72 Å².